The van der Waals surface area contributed by atoms with Crippen LogP contribution in [0, 0.1) is 5.92 Å². The largest absolute Gasteiger partial charge is 0.469 e. The molecule has 1 saturated heterocycles. The summed E-state index contributed by atoms with van der Waals surface area (Å²) in [7, 11) is 3.05. The van der Waals surface area contributed by atoms with Crippen LogP contribution in [0.2, 0.25) is 0 Å². The van der Waals surface area contributed by atoms with E-state index in [0.717, 1.165) is 29.1 Å². The molecule has 4 aliphatic rings. The number of hydrogen-bond acceptors (Lipinski definition) is 7. The molecule has 2 amide bonds. The number of para-hydroxylation sites is 1. The van der Waals surface area contributed by atoms with Gasteiger partial charge in [-0.1, -0.05) is 18.2 Å². The normalized spacial score (nSPS) is 24.2. The Hall–Kier alpha value is -3.36. The number of piperidine rings is 1. The van der Waals surface area contributed by atoms with Gasteiger partial charge in [0.05, 0.1) is 36.1 Å². The van der Waals surface area contributed by atoms with Crippen molar-refractivity contribution >= 4 is 35.3 Å². The fourth-order valence-corrected chi connectivity index (χ4v) is 4.70. The van der Waals surface area contributed by atoms with Crippen LogP contribution < -0.4 is 10.6 Å². The van der Waals surface area contributed by atoms with Crippen LogP contribution in [0.5, 0.6) is 0 Å². The van der Waals surface area contributed by atoms with Crippen molar-refractivity contribution in [1.29, 1.82) is 0 Å². The third-order valence-corrected chi connectivity index (χ3v) is 6.94. The molecular formula is C23H25N5O4. The van der Waals surface area contributed by atoms with Crippen LogP contribution in [-0.2, 0) is 19.1 Å². The SMILES string of the molecule is COC(=O)CC1(N(C)C(=O)C2=NN=C3CCN(C(=O)C4C=c5ccccc5=N4)CC32)CC1. The Labute approximate surface area is 185 Å². The zero-order chi connectivity index (χ0) is 22.5. The van der Waals surface area contributed by atoms with Gasteiger partial charge >= 0.3 is 5.97 Å². The molecule has 1 aliphatic carbocycles. The maximum atomic E-state index is 13.3. The van der Waals surface area contributed by atoms with Crippen LogP contribution in [0.3, 0.4) is 0 Å². The summed E-state index contributed by atoms with van der Waals surface area (Å²) in [6.45, 7) is 0.889. The standard InChI is InChI=1S/C23H25N5O4/c1-27(23(8-9-23)12-19(29)32-2)22(31)20-15-13-28(10-7-17(15)25-26-20)21(30)18-11-14-5-3-4-6-16(14)24-18/h3-6,11,15,18H,7-10,12-13H2,1-2H3. The van der Waals surface area contributed by atoms with Gasteiger partial charge in [0.2, 0.25) is 0 Å². The first-order chi connectivity index (χ1) is 15.4. The molecule has 0 bridgehead atoms. The lowest BCUT2D eigenvalue weighted by atomic mass is 9.90. The predicted octanol–water partition coefficient (Wildman–Crippen LogP) is -0.318. The quantitative estimate of drug-likeness (QED) is 0.592. The second-order valence-electron chi connectivity index (χ2n) is 8.80. The molecule has 0 aromatic heterocycles. The molecule has 1 aromatic carbocycles. The van der Waals surface area contributed by atoms with E-state index in [1.54, 1.807) is 16.8 Å². The summed E-state index contributed by atoms with van der Waals surface area (Å²) in [4.78, 5) is 46.2. The van der Waals surface area contributed by atoms with E-state index >= 15 is 0 Å². The van der Waals surface area contributed by atoms with E-state index in [4.69, 9.17) is 4.74 Å². The molecule has 0 N–H and O–H groups in total. The van der Waals surface area contributed by atoms with Crippen LogP contribution in [-0.4, -0.2) is 77.8 Å². The van der Waals surface area contributed by atoms with E-state index in [1.807, 2.05) is 30.3 Å². The number of benzene rings is 1. The highest BCUT2D eigenvalue weighted by atomic mass is 16.5. The van der Waals surface area contributed by atoms with Crippen molar-refractivity contribution in [2.24, 2.45) is 21.1 Å². The van der Waals surface area contributed by atoms with Gasteiger partial charge in [-0.25, -0.2) is 0 Å². The first-order valence-electron chi connectivity index (χ1n) is 10.8. The predicted molar refractivity (Wildman–Crippen MR) is 116 cm³/mol. The van der Waals surface area contributed by atoms with Gasteiger partial charge in [0.25, 0.3) is 11.8 Å². The van der Waals surface area contributed by atoms with Crippen molar-refractivity contribution in [2.75, 3.05) is 27.2 Å². The van der Waals surface area contributed by atoms with E-state index in [-0.39, 0.29) is 30.1 Å². The number of likely N-dealkylation sites (tertiary alicyclic amines) is 1. The first kappa shape index (κ1) is 20.5. The monoisotopic (exact) mass is 435 g/mol. The number of esters is 1. The third-order valence-electron chi connectivity index (χ3n) is 6.94. The average Bonchev–Trinajstić information content (AvgIpc) is 3.27. The van der Waals surface area contributed by atoms with E-state index in [0.29, 0.717) is 25.2 Å². The van der Waals surface area contributed by atoms with Gasteiger partial charge in [0, 0.05) is 26.6 Å². The minimum Gasteiger partial charge on any atom is -0.469 e. The summed E-state index contributed by atoms with van der Waals surface area (Å²) in [5, 5.41) is 10.2. The first-order valence-corrected chi connectivity index (χ1v) is 10.8. The van der Waals surface area contributed by atoms with Gasteiger partial charge in [0.15, 0.2) is 0 Å². The van der Waals surface area contributed by atoms with E-state index in [2.05, 4.69) is 15.2 Å². The zero-order valence-electron chi connectivity index (χ0n) is 18.2. The molecule has 2 fully saturated rings. The number of rotatable bonds is 5. The summed E-state index contributed by atoms with van der Waals surface area (Å²) >= 11 is 0. The van der Waals surface area contributed by atoms with Crippen molar-refractivity contribution in [2.45, 2.75) is 37.3 Å². The number of carbonyl (C=O) groups excluding carboxylic acids is 3. The number of nitrogens with zero attached hydrogens (tertiary/aromatic N) is 5. The van der Waals surface area contributed by atoms with Crippen molar-refractivity contribution in [1.82, 2.24) is 9.80 Å². The number of hydrogen-bond donors (Lipinski definition) is 0. The number of amides is 2. The van der Waals surface area contributed by atoms with Gasteiger partial charge in [-0.3, -0.25) is 19.4 Å². The van der Waals surface area contributed by atoms with Crippen molar-refractivity contribution in [3.63, 3.8) is 0 Å². The van der Waals surface area contributed by atoms with Crippen LogP contribution in [0.25, 0.3) is 6.08 Å². The smallest absolute Gasteiger partial charge is 0.307 e. The lowest BCUT2D eigenvalue weighted by Gasteiger charge is -2.34. The van der Waals surface area contributed by atoms with E-state index < -0.39 is 11.6 Å². The van der Waals surface area contributed by atoms with E-state index in [9.17, 15) is 14.4 Å². The minimum atomic E-state index is -0.541. The van der Waals surface area contributed by atoms with Gasteiger partial charge < -0.3 is 14.5 Å². The average molecular weight is 435 g/mol. The maximum Gasteiger partial charge on any atom is 0.307 e. The Morgan fingerprint density at radius 2 is 2.00 bits per heavy atom. The van der Waals surface area contributed by atoms with Gasteiger partial charge in [-0.15, -0.1) is 5.10 Å². The molecule has 2 atom stereocenters. The Balaban J connectivity index is 1.29. The highest BCUT2D eigenvalue weighted by molar-refractivity contribution is 6.44. The number of carbonyl (C=O) groups is 3. The van der Waals surface area contributed by atoms with Crippen LogP contribution in [0.1, 0.15) is 25.7 Å². The Kier molecular flexibility index (Phi) is 4.91. The minimum absolute atomic E-state index is 0.0725. The second kappa shape index (κ2) is 7.65. The fraction of sp³-hybridized carbons (Fsp3) is 0.478. The van der Waals surface area contributed by atoms with Gasteiger partial charge in [-0.2, -0.15) is 5.10 Å². The molecule has 0 radical (unpaired) electrons. The molecule has 5 rings (SSSR count). The molecular weight excluding hydrogens is 410 g/mol. The molecule has 32 heavy (non-hydrogen) atoms. The Bertz CT molecular complexity index is 1150. The van der Waals surface area contributed by atoms with Crippen molar-refractivity contribution in [3.8, 4) is 0 Å². The second-order valence-corrected chi connectivity index (χ2v) is 8.80. The molecule has 3 heterocycles. The summed E-state index contributed by atoms with van der Waals surface area (Å²) in [6.07, 6.45) is 4.13. The molecule has 1 aromatic rings. The van der Waals surface area contributed by atoms with Gasteiger partial charge in [-0.05, 0) is 30.2 Å². The molecule has 3 aliphatic heterocycles. The molecule has 9 nitrogen and oxygen atoms in total. The molecule has 1 saturated carbocycles. The highest BCUT2D eigenvalue weighted by Crippen LogP contribution is 2.44. The maximum absolute atomic E-state index is 13.3. The summed E-state index contributed by atoms with van der Waals surface area (Å²) < 4.78 is 4.79. The van der Waals surface area contributed by atoms with Gasteiger partial charge in [0.1, 0.15) is 11.8 Å². The van der Waals surface area contributed by atoms with Crippen LogP contribution in [0.15, 0.2) is 39.5 Å². The van der Waals surface area contributed by atoms with Crippen molar-refractivity contribution in [3.05, 3.63) is 34.8 Å². The number of fused-ring (bicyclic) bond motifs is 2. The lowest BCUT2D eigenvalue weighted by molar-refractivity contribution is -0.143. The van der Waals surface area contributed by atoms with Crippen LogP contribution >= 0.6 is 0 Å². The number of methoxy groups -OCH3 is 1. The molecule has 0 spiro atoms. The topological polar surface area (TPSA) is 104 Å². The van der Waals surface area contributed by atoms with Crippen molar-refractivity contribution < 1.29 is 19.1 Å². The summed E-state index contributed by atoms with van der Waals surface area (Å²) in [5.41, 5.74) is 0.661. The summed E-state index contributed by atoms with van der Waals surface area (Å²) in [5.74, 6) is -0.967. The van der Waals surface area contributed by atoms with E-state index in [1.165, 1.54) is 7.11 Å². The fourth-order valence-electron chi connectivity index (χ4n) is 4.70. The van der Waals surface area contributed by atoms with Crippen LogP contribution in [0.4, 0.5) is 0 Å². The molecule has 166 valence electrons. The lowest BCUT2D eigenvalue weighted by Crippen LogP contribution is -2.52. The summed E-state index contributed by atoms with van der Waals surface area (Å²) in [6, 6.07) is 7.14. The zero-order valence-corrected chi connectivity index (χ0v) is 18.2. The third kappa shape index (κ3) is 3.41. The Morgan fingerprint density at radius 1 is 1.22 bits per heavy atom. The molecule has 9 heteroatoms. The highest BCUT2D eigenvalue weighted by Gasteiger charge is 2.52. The number of ether oxygens (including phenoxy) is 1. The molecule has 2 unspecified atom stereocenters. The Morgan fingerprint density at radius 3 is 2.72 bits per heavy atom.